The molecule has 64 valence electrons. The quantitative estimate of drug-likeness (QED) is 0.810. The molecule has 0 aromatic heterocycles. The molecule has 3 nitrogen and oxygen atoms in total. The first-order chi connectivity index (χ1) is 5.74. The van der Waals surface area contributed by atoms with Gasteiger partial charge in [0.1, 0.15) is 11.3 Å². The highest BCUT2D eigenvalue weighted by Crippen LogP contribution is 2.13. The maximum atomic E-state index is 10.5. The Labute approximate surface area is 78.1 Å². The average molecular weight is 231 g/mol. The van der Waals surface area contributed by atoms with E-state index in [-0.39, 0.29) is 5.56 Å². The van der Waals surface area contributed by atoms with Gasteiger partial charge in [-0.3, -0.25) is 0 Å². The second kappa shape index (κ2) is 4.11. The van der Waals surface area contributed by atoms with Crippen LogP contribution in [0.25, 0.3) is 0 Å². The van der Waals surface area contributed by atoms with E-state index in [1.165, 1.54) is 12.1 Å². The van der Waals surface area contributed by atoms with Gasteiger partial charge in [-0.15, -0.1) is 0 Å². The van der Waals surface area contributed by atoms with E-state index in [1.807, 2.05) is 0 Å². The van der Waals surface area contributed by atoms with Gasteiger partial charge in [0.25, 0.3) is 0 Å². The van der Waals surface area contributed by atoms with Gasteiger partial charge in [0.05, 0.1) is 5.56 Å². The highest BCUT2D eigenvalue weighted by atomic mass is 79.9. The molecule has 0 unspecified atom stereocenters. The highest BCUT2D eigenvalue weighted by molar-refractivity contribution is 9.09. The monoisotopic (exact) mass is 230 g/mol. The van der Waals surface area contributed by atoms with Crippen molar-refractivity contribution < 1.29 is 14.6 Å². The molecule has 1 rings (SSSR count). The Morgan fingerprint density at radius 1 is 1.58 bits per heavy atom. The van der Waals surface area contributed by atoms with Crippen molar-refractivity contribution in [3.05, 3.63) is 29.8 Å². The molecule has 0 amide bonds. The number of alkyl halides is 1. The normalized spacial score (nSPS) is 9.42. The minimum absolute atomic E-state index is 0.230. The summed E-state index contributed by atoms with van der Waals surface area (Å²) in [5, 5.41) is 8.61. The molecule has 0 radical (unpaired) electrons. The summed E-state index contributed by atoms with van der Waals surface area (Å²) in [6.07, 6.45) is 0. The molecule has 0 atom stereocenters. The number of hydrogen-bond donors (Lipinski definition) is 1. The van der Waals surface area contributed by atoms with Crippen molar-refractivity contribution in [2.45, 2.75) is 0 Å². The van der Waals surface area contributed by atoms with E-state index in [9.17, 15) is 4.79 Å². The molecule has 12 heavy (non-hydrogen) atoms. The fourth-order valence-corrected chi connectivity index (χ4v) is 1.05. The average Bonchev–Trinajstić information content (AvgIpc) is 2.05. The Morgan fingerprint density at radius 2 is 2.33 bits per heavy atom. The molecule has 1 aromatic rings. The van der Waals surface area contributed by atoms with Gasteiger partial charge in [-0.1, -0.05) is 6.07 Å². The van der Waals surface area contributed by atoms with Crippen LogP contribution in [-0.2, 0) is 0 Å². The summed E-state index contributed by atoms with van der Waals surface area (Å²) in [4.78, 5) is 10.5. The van der Waals surface area contributed by atoms with E-state index in [0.29, 0.717) is 11.3 Å². The largest absolute Gasteiger partial charge is 0.482 e. The van der Waals surface area contributed by atoms with E-state index in [1.54, 1.807) is 12.1 Å². The Morgan fingerprint density at radius 3 is 2.92 bits per heavy atom. The maximum absolute atomic E-state index is 10.5. The van der Waals surface area contributed by atoms with Crippen molar-refractivity contribution in [2.75, 3.05) is 5.52 Å². The van der Waals surface area contributed by atoms with Crippen LogP contribution in [-0.4, -0.2) is 16.6 Å². The molecule has 4 heteroatoms. The number of ether oxygens (including phenoxy) is 1. The van der Waals surface area contributed by atoms with Crippen LogP contribution < -0.4 is 4.74 Å². The molecule has 0 saturated heterocycles. The summed E-state index contributed by atoms with van der Waals surface area (Å²) in [6, 6.07) is 6.34. The van der Waals surface area contributed by atoms with Crippen LogP contribution >= 0.6 is 15.9 Å². The highest BCUT2D eigenvalue weighted by Gasteiger charge is 2.02. The molecule has 0 heterocycles. The van der Waals surface area contributed by atoms with E-state index in [2.05, 4.69) is 15.9 Å². The molecular formula is C8H7BrO3. The third-order valence-electron chi connectivity index (χ3n) is 1.30. The lowest BCUT2D eigenvalue weighted by Crippen LogP contribution is -1.96. The van der Waals surface area contributed by atoms with E-state index in [4.69, 9.17) is 9.84 Å². The van der Waals surface area contributed by atoms with Crippen molar-refractivity contribution in [3.8, 4) is 5.75 Å². The topological polar surface area (TPSA) is 46.5 Å². The summed E-state index contributed by atoms with van der Waals surface area (Å²) in [6.45, 7) is 0. The van der Waals surface area contributed by atoms with Crippen molar-refractivity contribution >= 4 is 21.9 Å². The molecule has 0 saturated carbocycles. The molecular weight excluding hydrogens is 224 g/mol. The Balaban J connectivity index is 2.88. The first-order valence-electron chi connectivity index (χ1n) is 3.26. The number of carboxylic acid groups (broad SMARTS) is 1. The van der Waals surface area contributed by atoms with Crippen LogP contribution in [0.5, 0.6) is 5.75 Å². The zero-order valence-electron chi connectivity index (χ0n) is 6.16. The van der Waals surface area contributed by atoms with E-state index < -0.39 is 5.97 Å². The molecule has 0 aliphatic carbocycles. The zero-order valence-corrected chi connectivity index (χ0v) is 7.74. The Bertz CT molecular complexity index is 285. The standard InChI is InChI=1S/C8H7BrO3/c9-5-12-7-3-1-2-6(4-7)8(10)11/h1-4H,5H2,(H,10,11). The van der Waals surface area contributed by atoms with Gasteiger partial charge < -0.3 is 9.84 Å². The lowest BCUT2D eigenvalue weighted by molar-refractivity contribution is 0.0696. The van der Waals surface area contributed by atoms with Crippen molar-refractivity contribution in [3.63, 3.8) is 0 Å². The van der Waals surface area contributed by atoms with Crippen LogP contribution in [0, 0.1) is 0 Å². The number of hydrogen-bond acceptors (Lipinski definition) is 2. The first kappa shape index (κ1) is 9.06. The van der Waals surface area contributed by atoms with Crippen molar-refractivity contribution in [1.82, 2.24) is 0 Å². The van der Waals surface area contributed by atoms with Gasteiger partial charge in [0, 0.05) is 0 Å². The van der Waals surface area contributed by atoms with Crippen LogP contribution in [0.3, 0.4) is 0 Å². The van der Waals surface area contributed by atoms with Gasteiger partial charge in [0.2, 0.25) is 0 Å². The van der Waals surface area contributed by atoms with Crippen LogP contribution in [0.1, 0.15) is 10.4 Å². The Hall–Kier alpha value is -1.03. The summed E-state index contributed by atoms with van der Waals surface area (Å²) in [5.41, 5.74) is 0.587. The smallest absolute Gasteiger partial charge is 0.335 e. The lowest BCUT2D eigenvalue weighted by atomic mass is 10.2. The van der Waals surface area contributed by atoms with Gasteiger partial charge in [-0.05, 0) is 34.1 Å². The molecule has 0 aliphatic heterocycles. The second-order valence-electron chi connectivity index (χ2n) is 2.09. The molecule has 0 fully saturated rings. The molecule has 1 aromatic carbocycles. The lowest BCUT2D eigenvalue weighted by Gasteiger charge is -2.01. The molecule has 1 N–H and O–H groups in total. The first-order valence-corrected chi connectivity index (χ1v) is 4.38. The SMILES string of the molecule is O=C(O)c1cccc(OCBr)c1. The number of halogens is 1. The third-order valence-corrected chi connectivity index (χ3v) is 1.53. The van der Waals surface area contributed by atoms with Crippen LogP contribution in [0.4, 0.5) is 0 Å². The van der Waals surface area contributed by atoms with Gasteiger partial charge in [-0.25, -0.2) is 4.79 Å². The zero-order chi connectivity index (χ0) is 8.97. The predicted molar refractivity (Wildman–Crippen MR) is 47.8 cm³/mol. The Kier molecular flexibility index (Phi) is 3.10. The summed E-state index contributed by atoms with van der Waals surface area (Å²) < 4.78 is 5.05. The van der Waals surface area contributed by atoms with E-state index >= 15 is 0 Å². The van der Waals surface area contributed by atoms with Gasteiger partial charge in [0.15, 0.2) is 0 Å². The van der Waals surface area contributed by atoms with Crippen molar-refractivity contribution in [1.29, 1.82) is 0 Å². The predicted octanol–water partition coefficient (Wildman–Crippen LogP) is 2.12. The fourth-order valence-electron chi connectivity index (χ4n) is 0.782. The number of rotatable bonds is 3. The van der Waals surface area contributed by atoms with E-state index in [0.717, 1.165) is 0 Å². The third kappa shape index (κ3) is 2.23. The van der Waals surface area contributed by atoms with Crippen molar-refractivity contribution in [2.24, 2.45) is 0 Å². The molecule has 0 aliphatic rings. The fraction of sp³-hybridized carbons (Fsp3) is 0.125. The van der Waals surface area contributed by atoms with Crippen LogP contribution in [0.2, 0.25) is 0 Å². The second-order valence-corrected chi connectivity index (χ2v) is 2.54. The van der Waals surface area contributed by atoms with Gasteiger partial charge >= 0.3 is 5.97 Å². The number of carboxylic acids is 1. The summed E-state index contributed by atoms with van der Waals surface area (Å²) in [7, 11) is 0. The van der Waals surface area contributed by atoms with Crippen LogP contribution in [0.15, 0.2) is 24.3 Å². The minimum Gasteiger partial charge on any atom is -0.482 e. The molecule has 0 spiro atoms. The van der Waals surface area contributed by atoms with Gasteiger partial charge in [-0.2, -0.15) is 0 Å². The maximum Gasteiger partial charge on any atom is 0.335 e. The number of aromatic carboxylic acids is 1. The number of carbonyl (C=O) groups is 1. The summed E-state index contributed by atoms with van der Waals surface area (Å²) >= 11 is 3.08. The minimum atomic E-state index is -0.949. The molecule has 0 bridgehead atoms. The number of benzene rings is 1. The summed E-state index contributed by atoms with van der Waals surface area (Å²) in [5.74, 6) is -0.401.